The van der Waals surface area contributed by atoms with Crippen LogP contribution in [0.15, 0.2) is 40.2 Å². The highest BCUT2D eigenvalue weighted by molar-refractivity contribution is 7.89. The van der Waals surface area contributed by atoms with Gasteiger partial charge >= 0.3 is 6.16 Å². The number of fused-ring (bicyclic) bond motifs is 1. The summed E-state index contributed by atoms with van der Waals surface area (Å²) in [6, 6.07) is 6.00. The van der Waals surface area contributed by atoms with E-state index in [0.29, 0.717) is 18.4 Å². The number of ether oxygens (including phenoxy) is 2. The van der Waals surface area contributed by atoms with Crippen LogP contribution in [0.25, 0.3) is 10.8 Å². The molecule has 10 heteroatoms. The van der Waals surface area contributed by atoms with Crippen molar-refractivity contribution in [2.75, 3.05) is 13.2 Å². The van der Waals surface area contributed by atoms with Gasteiger partial charge in [0.15, 0.2) is 6.73 Å². The lowest BCUT2D eigenvalue weighted by molar-refractivity contribution is 0.0362. The second kappa shape index (κ2) is 7.12. The van der Waals surface area contributed by atoms with Crippen molar-refractivity contribution in [3.05, 3.63) is 40.8 Å². The molecule has 0 unspecified atom stereocenters. The van der Waals surface area contributed by atoms with Crippen LogP contribution in [0.5, 0.6) is 0 Å². The summed E-state index contributed by atoms with van der Waals surface area (Å²) in [7, 11) is -3.81. The van der Waals surface area contributed by atoms with Gasteiger partial charge in [0.2, 0.25) is 10.0 Å². The van der Waals surface area contributed by atoms with E-state index >= 15 is 0 Å². The Morgan fingerprint density at radius 1 is 1.24 bits per heavy atom. The standard InChI is InChI=1S/C19H23N3O6S/c1-2-27-18(24)28-12-21-10-6-13-14(17(21)23)4-3-5-15(13)29(25,26)22-11-7-16(20)19(22)8-9-19/h3-6,10,16H,2,7-9,11-12,20H2,1H3/t16-/m1/s1. The van der Waals surface area contributed by atoms with E-state index in [1.165, 1.54) is 21.1 Å². The van der Waals surface area contributed by atoms with Crippen LogP contribution in [0.2, 0.25) is 0 Å². The highest BCUT2D eigenvalue weighted by atomic mass is 32.2. The number of carbonyl (C=O) groups is 1. The first-order chi connectivity index (χ1) is 13.8. The van der Waals surface area contributed by atoms with Gasteiger partial charge in [0, 0.05) is 29.6 Å². The lowest BCUT2D eigenvalue weighted by Gasteiger charge is -2.26. The number of aromatic nitrogens is 1. The molecular formula is C19H23N3O6S. The van der Waals surface area contributed by atoms with E-state index in [1.807, 2.05) is 0 Å². The average molecular weight is 421 g/mol. The molecule has 0 bridgehead atoms. The van der Waals surface area contributed by atoms with E-state index in [-0.39, 0.29) is 29.7 Å². The largest absolute Gasteiger partial charge is 0.510 e. The van der Waals surface area contributed by atoms with Crippen LogP contribution in [-0.2, 0) is 26.2 Å². The number of hydrogen-bond acceptors (Lipinski definition) is 7. The minimum atomic E-state index is -3.81. The summed E-state index contributed by atoms with van der Waals surface area (Å²) in [5.41, 5.74) is 5.23. The molecule has 29 heavy (non-hydrogen) atoms. The number of sulfonamides is 1. The maximum absolute atomic E-state index is 13.4. The number of hydrogen-bond donors (Lipinski definition) is 1. The molecular weight excluding hydrogens is 398 g/mol. The van der Waals surface area contributed by atoms with Crippen molar-refractivity contribution in [2.24, 2.45) is 5.73 Å². The molecule has 1 saturated carbocycles. The molecule has 156 valence electrons. The SMILES string of the molecule is CCOC(=O)OCn1ccc2c(S(=O)(=O)N3CC[C@@H](N)C34CC4)cccc2c1=O. The summed E-state index contributed by atoms with van der Waals surface area (Å²) in [4.78, 5) is 24.2. The lowest BCUT2D eigenvalue weighted by Crippen LogP contribution is -2.44. The Balaban J connectivity index is 1.71. The van der Waals surface area contributed by atoms with E-state index in [9.17, 15) is 18.0 Å². The van der Waals surface area contributed by atoms with Gasteiger partial charge in [-0.15, -0.1) is 0 Å². The van der Waals surface area contributed by atoms with Crippen molar-refractivity contribution in [3.8, 4) is 0 Å². The molecule has 1 atom stereocenters. The van der Waals surface area contributed by atoms with Gasteiger partial charge in [0.05, 0.1) is 17.0 Å². The molecule has 2 heterocycles. The molecule has 0 radical (unpaired) electrons. The maximum atomic E-state index is 13.4. The molecule has 2 aliphatic rings. The number of benzene rings is 1. The second-order valence-electron chi connectivity index (χ2n) is 7.34. The summed E-state index contributed by atoms with van der Waals surface area (Å²) < 4.78 is 39.1. The third-order valence-electron chi connectivity index (χ3n) is 5.72. The molecule has 2 fully saturated rings. The minimum Gasteiger partial charge on any atom is -0.435 e. The monoisotopic (exact) mass is 421 g/mol. The molecule has 1 saturated heterocycles. The van der Waals surface area contributed by atoms with Crippen LogP contribution in [0.4, 0.5) is 4.79 Å². The highest BCUT2D eigenvalue weighted by Gasteiger charge is 2.60. The van der Waals surface area contributed by atoms with Crippen LogP contribution < -0.4 is 11.3 Å². The van der Waals surface area contributed by atoms with Crippen molar-refractivity contribution in [1.82, 2.24) is 8.87 Å². The average Bonchev–Trinajstić information content (AvgIpc) is 3.41. The number of carbonyl (C=O) groups excluding carboxylic acids is 1. The smallest absolute Gasteiger partial charge is 0.435 e. The molecule has 1 spiro atoms. The summed E-state index contributed by atoms with van der Waals surface area (Å²) in [6.45, 7) is 1.86. The van der Waals surface area contributed by atoms with Crippen LogP contribution in [0.1, 0.15) is 26.2 Å². The minimum absolute atomic E-state index is 0.0888. The molecule has 1 aromatic carbocycles. The van der Waals surface area contributed by atoms with Gasteiger partial charge in [-0.1, -0.05) is 6.07 Å². The normalized spacial score (nSPS) is 20.8. The number of nitrogens with two attached hydrogens (primary N) is 1. The Bertz CT molecular complexity index is 1120. The fourth-order valence-electron chi connectivity index (χ4n) is 4.06. The van der Waals surface area contributed by atoms with Crippen LogP contribution in [-0.4, -0.2) is 48.2 Å². The van der Waals surface area contributed by atoms with Gasteiger partial charge in [0.1, 0.15) is 0 Å². The number of nitrogens with zero attached hydrogens (tertiary/aromatic N) is 2. The molecule has 0 amide bonds. The second-order valence-corrected chi connectivity index (χ2v) is 9.17. The Kier molecular flexibility index (Phi) is 4.88. The Morgan fingerprint density at radius 3 is 2.69 bits per heavy atom. The maximum Gasteiger partial charge on any atom is 0.510 e. The van der Waals surface area contributed by atoms with Gasteiger partial charge in [-0.2, -0.15) is 4.31 Å². The van der Waals surface area contributed by atoms with Crippen LogP contribution in [0.3, 0.4) is 0 Å². The first-order valence-corrected chi connectivity index (χ1v) is 11.0. The van der Waals surface area contributed by atoms with Gasteiger partial charge in [0.25, 0.3) is 5.56 Å². The summed E-state index contributed by atoms with van der Waals surface area (Å²) in [5, 5.41) is 0.565. The van der Waals surface area contributed by atoms with Crippen molar-refractivity contribution >= 4 is 27.0 Å². The van der Waals surface area contributed by atoms with Crippen molar-refractivity contribution in [2.45, 2.75) is 49.4 Å². The molecule has 1 aliphatic heterocycles. The molecule has 1 aromatic heterocycles. The zero-order valence-corrected chi connectivity index (χ0v) is 16.9. The fraction of sp³-hybridized carbons (Fsp3) is 0.474. The van der Waals surface area contributed by atoms with Crippen LogP contribution >= 0.6 is 0 Å². The molecule has 1 aliphatic carbocycles. The van der Waals surface area contributed by atoms with E-state index in [2.05, 4.69) is 4.74 Å². The zero-order chi connectivity index (χ0) is 20.8. The topological polar surface area (TPSA) is 121 Å². The molecule has 2 N–H and O–H groups in total. The Morgan fingerprint density at radius 2 is 2.00 bits per heavy atom. The summed E-state index contributed by atoms with van der Waals surface area (Å²) >= 11 is 0. The highest BCUT2D eigenvalue weighted by Crippen LogP contribution is 2.51. The zero-order valence-electron chi connectivity index (χ0n) is 16.0. The predicted molar refractivity (Wildman–Crippen MR) is 105 cm³/mol. The van der Waals surface area contributed by atoms with Gasteiger partial charge in [-0.05, 0) is 44.4 Å². The van der Waals surface area contributed by atoms with Gasteiger partial charge in [-0.25, -0.2) is 13.2 Å². The van der Waals surface area contributed by atoms with Gasteiger partial charge < -0.3 is 15.2 Å². The van der Waals surface area contributed by atoms with Crippen molar-refractivity contribution in [1.29, 1.82) is 0 Å². The molecule has 2 aromatic rings. The molecule has 9 nitrogen and oxygen atoms in total. The summed E-state index contributed by atoms with van der Waals surface area (Å²) in [5.74, 6) is 0. The number of pyridine rings is 1. The third-order valence-corrected chi connectivity index (χ3v) is 7.76. The van der Waals surface area contributed by atoms with E-state index in [0.717, 1.165) is 12.8 Å². The van der Waals surface area contributed by atoms with E-state index < -0.39 is 27.3 Å². The fourth-order valence-corrected chi connectivity index (χ4v) is 6.14. The first-order valence-electron chi connectivity index (χ1n) is 9.51. The van der Waals surface area contributed by atoms with Crippen LogP contribution in [0, 0.1) is 0 Å². The lowest BCUT2D eigenvalue weighted by atomic mass is 10.1. The predicted octanol–water partition coefficient (Wildman–Crippen LogP) is 1.39. The Hall–Kier alpha value is -2.43. The Labute approximate surface area is 168 Å². The third kappa shape index (κ3) is 3.21. The van der Waals surface area contributed by atoms with E-state index in [1.54, 1.807) is 25.1 Å². The van der Waals surface area contributed by atoms with E-state index in [4.69, 9.17) is 10.5 Å². The number of rotatable bonds is 5. The summed E-state index contributed by atoms with van der Waals surface area (Å²) in [6.07, 6.45) is 2.68. The van der Waals surface area contributed by atoms with Gasteiger partial charge in [-0.3, -0.25) is 9.36 Å². The quantitative estimate of drug-likeness (QED) is 0.724. The van der Waals surface area contributed by atoms with Crippen molar-refractivity contribution in [3.63, 3.8) is 0 Å². The van der Waals surface area contributed by atoms with Crippen molar-refractivity contribution < 1.29 is 22.7 Å². The first kappa shape index (κ1) is 19.9. The molecule has 4 rings (SSSR count).